The number of halogens is 2. The molecule has 0 bridgehead atoms. The minimum absolute atomic E-state index is 0.201. The number of aromatic nitrogens is 1. The fourth-order valence-corrected chi connectivity index (χ4v) is 2.61. The third-order valence-corrected chi connectivity index (χ3v) is 3.90. The first kappa shape index (κ1) is 13.4. The molecule has 104 valence electrons. The maximum atomic E-state index is 13.1. The average molecular weight is 291 g/mol. The van der Waals surface area contributed by atoms with Crippen molar-refractivity contribution in [1.29, 1.82) is 0 Å². The first-order valence-electron chi connectivity index (χ1n) is 6.78. The van der Waals surface area contributed by atoms with Crippen molar-refractivity contribution in [2.75, 3.05) is 5.32 Å². The summed E-state index contributed by atoms with van der Waals surface area (Å²) in [6.45, 7) is 1.93. The number of anilines is 1. The third kappa shape index (κ3) is 2.93. The second-order valence-electron chi connectivity index (χ2n) is 5.28. The maximum absolute atomic E-state index is 13.1. The number of hydrogen-bond donors (Lipinski definition) is 1. The summed E-state index contributed by atoms with van der Waals surface area (Å²) in [6.07, 6.45) is 2.41. The molecule has 1 heterocycles. The summed E-state index contributed by atoms with van der Waals surface area (Å²) in [4.78, 5) is 4.26. The van der Waals surface area contributed by atoms with Crippen molar-refractivity contribution in [3.05, 3.63) is 58.6 Å². The van der Waals surface area contributed by atoms with E-state index in [4.69, 9.17) is 11.6 Å². The standard InChI is InChI=1S/C16H16ClFN2/c1-10-14(8-9-15(17)19-10)20-16(11-2-3-11)12-4-6-13(18)7-5-12/h4-9,11,16,20H,2-3H2,1H3. The molecule has 2 aromatic rings. The van der Waals surface area contributed by atoms with E-state index in [-0.39, 0.29) is 11.9 Å². The van der Waals surface area contributed by atoms with Gasteiger partial charge in [-0.2, -0.15) is 0 Å². The van der Waals surface area contributed by atoms with Gasteiger partial charge in [-0.1, -0.05) is 23.7 Å². The van der Waals surface area contributed by atoms with Gasteiger partial charge in [-0.15, -0.1) is 0 Å². The van der Waals surface area contributed by atoms with E-state index in [1.54, 1.807) is 6.07 Å². The van der Waals surface area contributed by atoms with Crippen LogP contribution in [0.3, 0.4) is 0 Å². The lowest BCUT2D eigenvalue weighted by atomic mass is 10.0. The Labute approximate surface area is 123 Å². The zero-order chi connectivity index (χ0) is 14.1. The van der Waals surface area contributed by atoms with Crippen LogP contribution in [0.15, 0.2) is 36.4 Å². The molecule has 4 heteroatoms. The van der Waals surface area contributed by atoms with Crippen LogP contribution >= 0.6 is 11.6 Å². The highest BCUT2D eigenvalue weighted by atomic mass is 35.5. The molecule has 1 N–H and O–H groups in total. The van der Waals surface area contributed by atoms with E-state index in [1.165, 1.54) is 25.0 Å². The fraction of sp³-hybridized carbons (Fsp3) is 0.312. The van der Waals surface area contributed by atoms with Crippen molar-refractivity contribution in [3.8, 4) is 0 Å². The smallest absolute Gasteiger partial charge is 0.129 e. The molecule has 1 aliphatic rings. The van der Waals surface area contributed by atoms with E-state index in [2.05, 4.69) is 10.3 Å². The summed E-state index contributed by atoms with van der Waals surface area (Å²) < 4.78 is 13.1. The van der Waals surface area contributed by atoms with E-state index in [0.29, 0.717) is 11.1 Å². The lowest BCUT2D eigenvalue weighted by molar-refractivity contribution is 0.622. The molecular formula is C16H16ClFN2. The largest absolute Gasteiger partial charge is 0.376 e. The van der Waals surface area contributed by atoms with Gasteiger partial charge in [0, 0.05) is 0 Å². The van der Waals surface area contributed by atoms with Crippen LogP contribution in [0.4, 0.5) is 10.1 Å². The Morgan fingerprint density at radius 2 is 1.90 bits per heavy atom. The van der Waals surface area contributed by atoms with Gasteiger partial charge in [0.25, 0.3) is 0 Å². The Bertz CT molecular complexity index is 608. The Hall–Kier alpha value is -1.61. The van der Waals surface area contributed by atoms with Gasteiger partial charge in [-0.05, 0) is 55.5 Å². The van der Waals surface area contributed by atoms with Crippen molar-refractivity contribution in [1.82, 2.24) is 4.98 Å². The maximum Gasteiger partial charge on any atom is 0.129 e. The lowest BCUT2D eigenvalue weighted by Crippen LogP contribution is -2.14. The van der Waals surface area contributed by atoms with Crippen molar-refractivity contribution in [2.45, 2.75) is 25.8 Å². The number of pyridine rings is 1. The van der Waals surface area contributed by atoms with E-state index in [1.807, 2.05) is 25.1 Å². The third-order valence-electron chi connectivity index (χ3n) is 3.69. The van der Waals surface area contributed by atoms with Crippen LogP contribution in [0.1, 0.15) is 30.1 Å². The van der Waals surface area contributed by atoms with Crippen molar-refractivity contribution in [3.63, 3.8) is 0 Å². The zero-order valence-electron chi connectivity index (χ0n) is 11.2. The van der Waals surface area contributed by atoms with Crippen LogP contribution in [0.25, 0.3) is 0 Å². The van der Waals surface area contributed by atoms with Gasteiger partial charge in [0.1, 0.15) is 11.0 Å². The summed E-state index contributed by atoms with van der Waals surface area (Å²) in [6, 6.07) is 10.7. The van der Waals surface area contributed by atoms with Gasteiger partial charge in [0.05, 0.1) is 17.4 Å². The SMILES string of the molecule is Cc1nc(Cl)ccc1NC(c1ccc(F)cc1)C1CC1. The predicted molar refractivity (Wildman–Crippen MR) is 79.5 cm³/mol. The number of rotatable bonds is 4. The second-order valence-corrected chi connectivity index (χ2v) is 5.67. The molecule has 1 unspecified atom stereocenters. The highest BCUT2D eigenvalue weighted by molar-refractivity contribution is 6.29. The Balaban J connectivity index is 1.86. The normalized spacial score (nSPS) is 15.9. The number of nitrogens with zero attached hydrogens (tertiary/aromatic N) is 1. The van der Waals surface area contributed by atoms with Gasteiger partial charge in [-0.3, -0.25) is 0 Å². The fourth-order valence-electron chi connectivity index (χ4n) is 2.42. The highest BCUT2D eigenvalue weighted by Crippen LogP contribution is 2.43. The average Bonchev–Trinajstić information content (AvgIpc) is 3.24. The summed E-state index contributed by atoms with van der Waals surface area (Å²) in [7, 11) is 0. The van der Waals surface area contributed by atoms with E-state index in [0.717, 1.165) is 16.9 Å². The number of hydrogen-bond acceptors (Lipinski definition) is 2. The van der Waals surface area contributed by atoms with E-state index < -0.39 is 0 Å². The molecular weight excluding hydrogens is 275 g/mol. The zero-order valence-corrected chi connectivity index (χ0v) is 12.0. The molecule has 20 heavy (non-hydrogen) atoms. The van der Waals surface area contributed by atoms with Gasteiger partial charge in [-0.25, -0.2) is 9.37 Å². The quantitative estimate of drug-likeness (QED) is 0.822. The Morgan fingerprint density at radius 3 is 2.50 bits per heavy atom. The monoisotopic (exact) mass is 290 g/mol. The van der Waals surface area contributed by atoms with Crippen molar-refractivity contribution >= 4 is 17.3 Å². The molecule has 2 nitrogen and oxygen atoms in total. The molecule has 0 amide bonds. The summed E-state index contributed by atoms with van der Waals surface area (Å²) in [5, 5.41) is 4.03. The van der Waals surface area contributed by atoms with Crippen LogP contribution < -0.4 is 5.32 Å². The predicted octanol–water partition coefficient (Wildman–Crippen LogP) is 4.75. The van der Waals surface area contributed by atoms with Gasteiger partial charge >= 0.3 is 0 Å². The molecule has 1 saturated carbocycles. The van der Waals surface area contributed by atoms with Crippen LogP contribution in [-0.2, 0) is 0 Å². The van der Waals surface area contributed by atoms with Gasteiger partial charge < -0.3 is 5.32 Å². The van der Waals surface area contributed by atoms with Crippen LogP contribution in [0.2, 0.25) is 5.15 Å². The highest BCUT2D eigenvalue weighted by Gasteiger charge is 2.32. The Kier molecular flexibility index (Phi) is 3.62. The number of nitrogens with one attached hydrogen (secondary N) is 1. The molecule has 1 aromatic heterocycles. The Morgan fingerprint density at radius 1 is 1.20 bits per heavy atom. The second kappa shape index (κ2) is 5.41. The lowest BCUT2D eigenvalue weighted by Gasteiger charge is -2.21. The van der Waals surface area contributed by atoms with Crippen molar-refractivity contribution in [2.24, 2.45) is 5.92 Å². The molecule has 0 aliphatic heterocycles. The van der Waals surface area contributed by atoms with E-state index in [9.17, 15) is 4.39 Å². The van der Waals surface area contributed by atoms with Crippen LogP contribution in [-0.4, -0.2) is 4.98 Å². The van der Waals surface area contributed by atoms with Gasteiger partial charge in [0.15, 0.2) is 0 Å². The molecule has 0 saturated heterocycles. The molecule has 3 rings (SSSR count). The summed E-state index contributed by atoms with van der Waals surface area (Å²) in [5.74, 6) is 0.406. The molecule has 1 fully saturated rings. The number of aryl methyl sites for hydroxylation is 1. The summed E-state index contributed by atoms with van der Waals surface area (Å²) >= 11 is 5.88. The van der Waals surface area contributed by atoms with Gasteiger partial charge in [0.2, 0.25) is 0 Å². The first-order chi connectivity index (χ1) is 9.63. The minimum Gasteiger partial charge on any atom is -0.376 e. The van der Waals surface area contributed by atoms with Crippen molar-refractivity contribution < 1.29 is 4.39 Å². The first-order valence-corrected chi connectivity index (χ1v) is 7.16. The summed E-state index contributed by atoms with van der Waals surface area (Å²) in [5.41, 5.74) is 2.98. The molecule has 0 radical (unpaired) electrons. The van der Waals surface area contributed by atoms with E-state index >= 15 is 0 Å². The minimum atomic E-state index is -0.201. The van der Waals surface area contributed by atoms with Crippen LogP contribution in [0.5, 0.6) is 0 Å². The molecule has 1 aromatic carbocycles. The molecule has 1 aliphatic carbocycles. The molecule has 0 spiro atoms. The topological polar surface area (TPSA) is 24.9 Å². The van der Waals surface area contributed by atoms with Crippen LogP contribution in [0, 0.1) is 18.7 Å². The molecule has 1 atom stereocenters. The number of benzene rings is 1.